The highest BCUT2D eigenvalue weighted by molar-refractivity contribution is 7.16. The van der Waals surface area contributed by atoms with Crippen LogP contribution >= 0.6 is 11.3 Å². The minimum Gasteiger partial charge on any atom is -0.392 e. The van der Waals surface area contributed by atoms with Crippen molar-refractivity contribution in [2.24, 2.45) is 5.92 Å². The molecule has 1 atom stereocenters. The maximum atomic E-state index is 12.8. The van der Waals surface area contributed by atoms with Crippen LogP contribution in [0.2, 0.25) is 0 Å². The Hall–Kier alpha value is -2.24. The minimum atomic E-state index is 0.0795. The smallest absolute Gasteiger partial charge is 0.253 e. The van der Waals surface area contributed by atoms with Crippen molar-refractivity contribution in [3.63, 3.8) is 0 Å². The molecular formula is C20H20N2O2S. The van der Waals surface area contributed by atoms with Gasteiger partial charge in [0.05, 0.1) is 22.3 Å². The van der Waals surface area contributed by atoms with Crippen LogP contribution in [0, 0.1) is 5.92 Å². The van der Waals surface area contributed by atoms with E-state index in [1.54, 1.807) is 11.3 Å². The molecule has 0 radical (unpaired) electrons. The number of fused-ring (bicyclic) bond motifs is 1. The molecule has 2 heterocycles. The zero-order chi connectivity index (χ0) is 17.2. The van der Waals surface area contributed by atoms with Gasteiger partial charge in [0.1, 0.15) is 0 Å². The lowest BCUT2D eigenvalue weighted by Gasteiger charge is -2.17. The second-order valence-electron chi connectivity index (χ2n) is 6.62. The fourth-order valence-corrected chi connectivity index (χ4v) is 4.18. The van der Waals surface area contributed by atoms with Gasteiger partial charge in [-0.05, 0) is 48.1 Å². The third-order valence-corrected chi connectivity index (χ3v) is 5.67. The van der Waals surface area contributed by atoms with Crippen LogP contribution in [-0.4, -0.2) is 34.0 Å². The van der Waals surface area contributed by atoms with E-state index < -0.39 is 0 Å². The summed E-state index contributed by atoms with van der Waals surface area (Å²) in [7, 11) is 0. The lowest BCUT2D eigenvalue weighted by atomic mass is 9.98. The third kappa shape index (κ3) is 3.43. The molecule has 128 valence electrons. The number of thiazole rings is 1. The molecule has 25 heavy (non-hydrogen) atoms. The molecule has 1 N–H and O–H groups in total. The van der Waals surface area contributed by atoms with Gasteiger partial charge in [-0.15, -0.1) is 11.3 Å². The van der Waals surface area contributed by atoms with Gasteiger partial charge in [-0.25, -0.2) is 4.98 Å². The summed E-state index contributed by atoms with van der Waals surface area (Å²) >= 11 is 1.57. The summed E-state index contributed by atoms with van der Waals surface area (Å²) in [6.07, 6.45) is 2.01. The van der Waals surface area contributed by atoms with Gasteiger partial charge in [0.15, 0.2) is 0 Å². The predicted molar refractivity (Wildman–Crippen MR) is 99.7 cm³/mol. The summed E-state index contributed by atoms with van der Waals surface area (Å²) in [6, 6.07) is 13.9. The zero-order valence-electron chi connectivity index (χ0n) is 13.9. The van der Waals surface area contributed by atoms with Crippen molar-refractivity contribution in [1.82, 2.24) is 9.88 Å². The molecule has 0 spiro atoms. The molecule has 3 aromatic rings. The highest BCUT2D eigenvalue weighted by atomic mass is 32.1. The van der Waals surface area contributed by atoms with Gasteiger partial charge in [-0.1, -0.05) is 24.3 Å². The van der Waals surface area contributed by atoms with E-state index in [1.807, 2.05) is 40.7 Å². The monoisotopic (exact) mass is 352 g/mol. The number of hydrogen-bond donors (Lipinski definition) is 1. The Labute approximate surface area is 150 Å². The van der Waals surface area contributed by atoms with E-state index in [2.05, 4.69) is 17.1 Å². The van der Waals surface area contributed by atoms with Crippen LogP contribution in [0.4, 0.5) is 0 Å². The first-order chi connectivity index (χ1) is 12.2. The maximum Gasteiger partial charge on any atom is 0.253 e. The van der Waals surface area contributed by atoms with Crippen LogP contribution < -0.4 is 0 Å². The van der Waals surface area contributed by atoms with Crippen molar-refractivity contribution >= 4 is 27.5 Å². The molecule has 4 nitrogen and oxygen atoms in total. The summed E-state index contributed by atoms with van der Waals surface area (Å²) in [4.78, 5) is 19.0. The number of hydrogen-bond acceptors (Lipinski definition) is 4. The predicted octanol–water partition coefficient (Wildman–Crippen LogP) is 3.49. The van der Waals surface area contributed by atoms with E-state index in [1.165, 1.54) is 5.56 Å². The number of nitrogens with zero attached hydrogens (tertiary/aromatic N) is 2. The average molecular weight is 352 g/mol. The normalized spacial score (nSPS) is 17.3. The number of aliphatic hydroxyl groups is 1. The summed E-state index contributed by atoms with van der Waals surface area (Å²) in [5.74, 6) is 0.615. The Kier molecular flexibility index (Phi) is 4.51. The molecular weight excluding hydrogens is 332 g/mol. The summed E-state index contributed by atoms with van der Waals surface area (Å²) in [5, 5.41) is 9.12. The standard InChI is InChI=1S/C20H20N2O2S/c23-12-15-3-1-14(2-4-15)9-16-7-8-22(11-16)20(24)17-5-6-18-19(10-17)25-13-21-18/h1-6,10,13,16,23H,7-9,11-12H2/t16-/m1/s1. The highest BCUT2D eigenvalue weighted by Crippen LogP contribution is 2.25. The molecule has 1 amide bonds. The molecule has 1 aromatic heterocycles. The van der Waals surface area contributed by atoms with Gasteiger partial charge < -0.3 is 10.0 Å². The lowest BCUT2D eigenvalue weighted by Crippen LogP contribution is -2.28. The van der Waals surface area contributed by atoms with Gasteiger partial charge in [0, 0.05) is 18.7 Å². The van der Waals surface area contributed by atoms with E-state index in [0.29, 0.717) is 5.92 Å². The van der Waals surface area contributed by atoms with E-state index in [0.717, 1.165) is 47.3 Å². The van der Waals surface area contributed by atoms with Gasteiger partial charge in [-0.2, -0.15) is 0 Å². The first kappa shape index (κ1) is 16.2. The Morgan fingerprint density at radius 3 is 2.80 bits per heavy atom. The van der Waals surface area contributed by atoms with Crippen molar-refractivity contribution in [3.8, 4) is 0 Å². The lowest BCUT2D eigenvalue weighted by molar-refractivity contribution is 0.0787. The first-order valence-corrected chi connectivity index (χ1v) is 9.42. The largest absolute Gasteiger partial charge is 0.392 e. The Balaban J connectivity index is 1.41. The number of carbonyl (C=O) groups is 1. The Morgan fingerprint density at radius 2 is 2.00 bits per heavy atom. The molecule has 1 aliphatic heterocycles. The number of aliphatic hydroxyl groups excluding tert-OH is 1. The molecule has 1 aliphatic rings. The van der Waals surface area contributed by atoms with Crippen molar-refractivity contribution in [2.45, 2.75) is 19.4 Å². The topological polar surface area (TPSA) is 53.4 Å². The molecule has 1 saturated heterocycles. The summed E-state index contributed by atoms with van der Waals surface area (Å²) in [5.41, 5.74) is 5.72. The van der Waals surface area contributed by atoms with Crippen molar-refractivity contribution < 1.29 is 9.90 Å². The quantitative estimate of drug-likeness (QED) is 0.782. The first-order valence-electron chi connectivity index (χ1n) is 8.54. The second-order valence-corrected chi connectivity index (χ2v) is 7.51. The van der Waals surface area contributed by atoms with E-state index in [9.17, 15) is 4.79 Å². The van der Waals surface area contributed by atoms with Crippen LogP contribution in [0.15, 0.2) is 48.0 Å². The summed E-state index contributed by atoms with van der Waals surface area (Å²) < 4.78 is 1.06. The molecule has 0 saturated carbocycles. The molecule has 2 aromatic carbocycles. The van der Waals surface area contributed by atoms with Gasteiger partial charge >= 0.3 is 0 Å². The number of rotatable bonds is 4. The molecule has 0 bridgehead atoms. The average Bonchev–Trinajstić information content (AvgIpc) is 3.30. The number of carbonyl (C=O) groups excluding carboxylic acids is 1. The van der Waals surface area contributed by atoms with Crippen LogP contribution in [0.25, 0.3) is 10.2 Å². The van der Waals surface area contributed by atoms with Crippen LogP contribution in [0.1, 0.15) is 27.9 Å². The number of likely N-dealkylation sites (tertiary alicyclic amines) is 1. The molecule has 4 rings (SSSR count). The van der Waals surface area contributed by atoms with Crippen LogP contribution in [-0.2, 0) is 13.0 Å². The van der Waals surface area contributed by atoms with Gasteiger partial charge in [0.2, 0.25) is 0 Å². The van der Waals surface area contributed by atoms with Crippen molar-refractivity contribution in [3.05, 3.63) is 64.7 Å². The summed E-state index contributed by atoms with van der Waals surface area (Å²) in [6.45, 7) is 1.70. The SMILES string of the molecule is O=C(c1ccc2ncsc2c1)N1CC[C@H](Cc2ccc(CO)cc2)C1. The second kappa shape index (κ2) is 6.94. The van der Waals surface area contributed by atoms with E-state index >= 15 is 0 Å². The van der Waals surface area contributed by atoms with Crippen molar-refractivity contribution in [1.29, 1.82) is 0 Å². The molecule has 5 heteroatoms. The van der Waals surface area contributed by atoms with Crippen LogP contribution in [0.5, 0.6) is 0 Å². The van der Waals surface area contributed by atoms with Gasteiger partial charge in [0.25, 0.3) is 5.91 Å². The fourth-order valence-electron chi connectivity index (χ4n) is 3.47. The Bertz CT molecular complexity index is 888. The molecule has 1 fully saturated rings. The zero-order valence-corrected chi connectivity index (χ0v) is 14.7. The van der Waals surface area contributed by atoms with Crippen molar-refractivity contribution in [2.75, 3.05) is 13.1 Å². The number of amides is 1. The highest BCUT2D eigenvalue weighted by Gasteiger charge is 2.27. The van der Waals surface area contributed by atoms with E-state index in [-0.39, 0.29) is 12.5 Å². The number of aromatic nitrogens is 1. The molecule has 0 aliphatic carbocycles. The molecule has 0 unspecified atom stereocenters. The fraction of sp³-hybridized carbons (Fsp3) is 0.300. The van der Waals surface area contributed by atoms with E-state index in [4.69, 9.17) is 5.11 Å². The van der Waals surface area contributed by atoms with Gasteiger partial charge in [-0.3, -0.25) is 4.79 Å². The minimum absolute atomic E-state index is 0.0795. The Morgan fingerprint density at radius 1 is 1.20 bits per heavy atom. The number of benzene rings is 2. The maximum absolute atomic E-state index is 12.8. The third-order valence-electron chi connectivity index (χ3n) is 4.88. The van der Waals surface area contributed by atoms with Crippen LogP contribution in [0.3, 0.4) is 0 Å².